The topological polar surface area (TPSA) is 68.2 Å². The zero-order valence-electron chi connectivity index (χ0n) is 23.5. The van der Waals surface area contributed by atoms with Crippen molar-refractivity contribution in [3.05, 3.63) is 64.5 Å². The molecule has 2 aromatic rings. The summed E-state index contributed by atoms with van der Waals surface area (Å²) in [5.74, 6) is 0.333. The zero-order chi connectivity index (χ0) is 27.7. The van der Waals surface area contributed by atoms with E-state index in [-0.39, 0.29) is 43.1 Å². The number of aliphatic hydroxyl groups is 1. The molecule has 0 amide bonds. The minimum Gasteiger partial charge on any atom is -0.491 e. The van der Waals surface area contributed by atoms with Crippen LogP contribution in [0.1, 0.15) is 75.3 Å². The van der Waals surface area contributed by atoms with Crippen LogP contribution in [0.5, 0.6) is 5.75 Å². The van der Waals surface area contributed by atoms with Crippen molar-refractivity contribution in [2.24, 2.45) is 0 Å². The fourth-order valence-electron chi connectivity index (χ4n) is 5.13. The van der Waals surface area contributed by atoms with Crippen LogP contribution in [0.2, 0.25) is 0 Å². The molecular formula is C31H44FNO5. The number of nitrogens with zero attached hydrogens (tertiary/aromatic N) is 1. The second-order valence-corrected chi connectivity index (χ2v) is 10.5. The van der Waals surface area contributed by atoms with Crippen LogP contribution >= 0.6 is 0 Å². The Bertz CT molecular complexity index is 1040. The number of β-amino-alcohol motifs (C(OH)–C–C–N with tert-alkyl or cyclic N) is 1. The average molecular weight is 530 g/mol. The third-order valence-corrected chi connectivity index (χ3v) is 7.04. The van der Waals surface area contributed by atoms with E-state index in [1.165, 1.54) is 0 Å². The fourth-order valence-corrected chi connectivity index (χ4v) is 5.13. The first-order valence-electron chi connectivity index (χ1n) is 13.9. The van der Waals surface area contributed by atoms with Gasteiger partial charge in [0.25, 0.3) is 0 Å². The number of ether oxygens (including phenoxy) is 3. The molecule has 1 aliphatic heterocycles. The highest BCUT2D eigenvalue weighted by atomic mass is 19.1. The van der Waals surface area contributed by atoms with Crippen LogP contribution in [-0.4, -0.2) is 60.5 Å². The van der Waals surface area contributed by atoms with Crippen molar-refractivity contribution < 1.29 is 28.5 Å². The van der Waals surface area contributed by atoms with E-state index in [0.29, 0.717) is 25.1 Å². The average Bonchev–Trinajstić information content (AvgIpc) is 3.29. The molecule has 38 heavy (non-hydrogen) atoms. The van der Waals surface area contributed by atoms with Gasteiger partial charge in [-0.3, -0.25) is 9.69 Å². The first kappa shape index (κ1) is 30.1. The largest absolute Gasteiger partial charge is 0.491 e. The third-order valence-electron chi connectivity index (χ3n) is 7.04. The summed E-state index contributed by atoms with van der Waals surface area (Å²) in [6.45, 7) is 11.4. The number of carbonyl (C=O) groups excluding carboxylic acids is 1. The van der Waals surface area contributed by atoms with Crippen molar-refractivity contribution in [1.82, 2.24) is 4.90 Å². The molecule has 1 N–H and O–H groups in total. The highest BCUT2D eigenvalue weighted by Crippen LogP contribution is 2.31. The smallest absolute Gasteiger partial charge is 0.306 e. The molecule has 6 nitrogen and oxygen atoms in total. The van der Waals surface area contributed by atoms with Crippen molar-refractivity contribution in [2.75, 3.05) is 26.3 Å². The van der Waals surface area contributed by atoms with Crippen molar-refractivity contribution in [3.63, 3.8) is 0 Å². The van der Waals surface area contributed by atoms with Crippen molar-refractivity contribution in [1.29, 1.82) is 0 Å². The van der Waals surface area contributed by atoms with Crippen LogP contribution < -0.4 is 4.74 Å². The molecule has 0 radical (unpaired) electrons. The molecular weight excluding hydrogens is 485 g/mol. The number of esters is 1. The molecule has 3 atom stereocenters. The van der Waals surface area contributed by atoms with Crippen molar-refractivity contribution >= 4 is 5.97 Å². The summed E-state index contributed by atoms with van der Waals surface area (Å²) >= 11 is 0. The highest BCUT2D eigenvalue weighted by Gasteiger charge is 2.27. The Morgan fingerprint density at radius 2 is 2.00 bits per heavy atom. The monoisotopic (exact) mass is 529 g/mol. The third kappa shape index (κ3) is 8.79. The summed E-state index contributed by atoms with van der Waals surface area (Å²) in [4.78, 5) is 14.3. The van der Waals surface area contributed by atoms with Crippen molar-refractivity contribution in [3.8, 4) is 5.75 Å². The number of benzene rings is 2. The van der Waals surface area contributed by atoms with Gasteiger partial charge in [-0.15, -0.1) is 0 Å². The second-order valence-electron chi connectivity index (χ2n) is 10.5. The van der Waals surface area contributed by atoms with Gasteiger partial charge in [0.05, 0.1) is 31.5 Å². The Morgan fingerprint density at radius 1 is 1.21 bits per heavy atom. The summed E-state index contributed by atoms with van der Waals surface area (Å²) in [5.41, 5.74) is 3.52. The molecule has 1 saturated heterocycles. The Labute approximate surface area is 227 Å². The van der Waals surface area contributed by atoms with Crippen LogP contribution in [0.4, 0.5) is 4.39 Å². The lowest BCUT2D eigenvalue weighted by molar-refractivity contribution is -0.143. The van der Waals surface area contributed by atoms with E-state index in [1.807, 2.05) is 51.1 Å². The molecule has 7 heteroatoms. The van der Waals surface area contributed by atoms with E-state index in [4.69, 9.17) is 14.2 Å². The molecule has 1 fully saturated rings. The molecule has 0 saturated carbocycles. The number of likely N-dealkylation sites (tertiary alicyclic amines) is 1. The molecule has 0 aromatic heterocycles. The predicted molar refractivity (Wildman–Crippen MR) is 147 cm³/mol. The number of aryl methyl sites for hydroxylation is 1. The number of halogens is 1. The molecule has 3 rings (SSSR count). The number of hydrogen-bond acceptors (Lipinski definition) is 6. The maximum Gasteiger partial charge on any atom is 0.306 e. The van der Waals surface area contributed by atoms with Gasteiger partial charge in [0.1, 0.15) is 11.6 Å². The SMILES string of the molecule is CCOC(=O)CCc1c(OC(C)C)cccc1[C@@H](C)OC[C@H](O)CN1CCC[C@H]1Cc1ccc(C)c(F)c1. The van der Waals surface area contributed by atoms with Gasteiger partial charge in [-0.25, -0.2) is 4.39 Å². The standard InChI is InChI=1S/C31H44FNO5/c1-6-36-31(35)15-14-28-27(10-7-11-30(28)38-21(2)3)23(5)37-20-26(34)19-33-16-8-9-25(33)17-24-13-12-22(4)29(32)18-24/h7,10-13,18,21,23,25-26,34H,6,8-9,14-17,19-20H2,1-5H3/t23-,25+,26-/m1/s1. The maximum atomic E-state index is 14.0. The zero-order valence-corrected chi connectivity index (χ0v) is 23.5. The van der Waals surface area contributed by atoms with Gasteiger partial charge in [0.2, 0.25) is 0 Å². The molecule has 0 bridgehead atoms. The Hall–Kier alpha value is -2.48. The molecule has 1 aliphatic rings. The van der Waals surface area contributed by atoms with Gasteiger partial charge < -0.3 is 19.3 Å². The molecule has 0 unspecified atom stereocenters. The minimum absolute atomic E-state index is 0.00514. The first-order chi connectivity index (χ1) is 18.2. The van der Waals surface area contributed by atoms with E-state index >= 15 is 0 Å². The highest BCUT2D eigenvalue weighted by molar-refractivity contribution is 5.70. The normalized spacial score (nSPS) is 17.5. The van der Waals surface area contributed by atoms with Crippen molar-refractivity contribution in [2.45, 2.75) is 91.1 Å². The van der Waals surface area contributed by atoms with Gasteiger partial charge in [0.15, 0.2) is 0 Å². The van der Waals surface area contributed by atoms with Gasteiger partial charge in [0, 0.05) is 24.6 Å². The van der Waals surface area contributed by atoms with Gasteiger partial charge in [-0.05, 0) is 95.7 Å². The summed E-state index contributed by atoms with van der Waals surface area (Å²) in [7, 11) is 0. The molecule has 2 aromatic carbocycles. The van der Waals surface area contributed by atoms with Gasteiger partial charge in [-0.2, -0.15) is 0 Å². The van der Waals surface area contributed by atoms with E-state index in [0.717, 1.165) is 48.2 Å². The fraction of sp³-hybridized carbons (Fsp3) is 0.581. The predicted octanol–water partition coefficient (Wildman–Crippen LogP) is 5.56. The Kier molecular flexibility index (Phi) is 11.6. The second kappa shape index (κ2) is 14.6. The van der Waals surface area contributed by atoms with Crippen LogP contribution in [0.3, 0.4) is 0 Å². The van der Waals surface area contributed by atoms with E-state index < -0.39 is 6.10 Å². The first-order valence-corrected chi connectivity index (χ1v) is 13.9. The molecule has 1 heterocycles. The van der Waals surface area contributed by atoms with E-state index in [9.17, 15) is 14.3 Å². The Morgan fingerprint density at radius 3 is 2.71 bits per heavy atom. The van der Waals surface area contributed by atoms with Crippen LogP contribution in [0.25, 0.3) is 0 Å². The number of hydrogen-bond donors (Lipinski definition) is 1. The maximum absolute atomic E-state index is 14.0. The van der Waals surface area contributed by atoms with Gasteiger partial charge in [-0.1, -0.05) is 24.3 Å². The summed E-state index contributed by atoms with van der Waals surface area (Å²) in [6.07, 6.45) is 2.68. The lowest BCUT2D eigenvalue weighted by Gasteiger charge is -2.28. The minimum atomic E-state index is -0.647. The number of aliphatic hydroxyl groups excluding tert-OH is 1. The summed E-state index contributed by atoms with van der Waals surface area (Å²) < 4.78 is 31.3. The number of rotatable bonds is 14. The lowest BCUT2D eigenvalue weighted by atomic mass is 9.98. The molecule has 0 aliphatic carbocycles. The number of carbonyl (C=O) groups is 1. The molecule has 210 valence electrons. The summed E-state index contributed by atoms with van der Waals surface area (Å²) in [5, 5.41) is 10.8. The molecule has 0 spiro atoms. The van der Waals surface area contributed by atoms with Crippen LogP contribution in [-0.2, 0) is 27.1 Å². The van der Waals surface area contributed by atoms with Crippen LogP contribution in [0.15, 0.2) is 36.4 Å². The summed E-state index contributed by atoms with van der Waals surface area (Å²) in [6, 6.07) is 11.6. The Balaban J connectivity index is 1.60. The van der Waals surface area contributed by atoms with E-state index in [1.54, 1.807) is 19.9 Å². The van der Waals surface area contributed by atoms with Gasteiger partial charge >= 0.3 is 5.97 Å². The lowest BCUT2D eigenvalue weighted by Crippen LogP contribution is -2.39. The quantitative estimate of drug-likeness (QED) is 0.323. The van der Waals surface area contributed by atoms with Crippen LogP contribution in [0, 0.1) is 12.7 Å². The van der Waals surface area contributed by atoms with E-state index in [2.05, 4.69) is 4.90 Å².